The van der Waals surface area contributed by atoms with Crippen LogP contribution in [-0.4, -0.2) is 59.3 Å². The summed E-state index contributed by atoms with van der Waals surface area (Å²) in [6.45, 7) is 2.77. The second-order valence-electron chi connectivity index (χ2n) is 6.16. The molecule has 8 heteroatoms. The van der Waals surface area contributed by atoms with E-state index in [0.717, 1.165) is 29.4 Å². The van der Waals surface area contributed by atoms with Crippen molar-refractivity contribution in [2.24, 2.45) is 5.73 Å². The molecule has 2 heterocycles. The van der Waals surface area contributed by atoms with Crippen molar-refractivity contribution in [2.45, 2.75) is 17.4 Å². The van der Waals surface area contributed by atoms with Crippen LogP contribution in [0.1, 0.15) is 5.56 Å². The van der Waals surface area contributed by atoms with E-state index >= 15 is 0 Å². The molecule has 0 bridgehead atoms. The first-order chi connectivity index (χ1) is 12.6. The quantitative estimate of drug-likeness (QED) is 0.786. The van der Waals surface area contributed by atoms with Crippen molar-refractivity contribution < 1.29 is 4.79 Å². The number of piperazine rings is 1. The van der Waals surface area contributed by atoms with Crippen LogP contribution in [0.15, 0.2) is 41.7 Å². The molecule has 0 saturated carbocycles. The number of hydrogen-bond acceptors (Lipinski definition) is 6. The van der Waals surface area contributed by atoms with Crippen LogP contribution < -0.4 is 10.6 Å². The van der Waals surface area contributed by atoms with Crippen LogP contribution in [0.3, 0.4) is 0 Å². The van der Waals surface area contributed by atoms with Crippen LogP contribution in [0.2, 0.25) is 5.02 Å². The molecule has 6 nitrogen and oxygen atoms in total. The summed E-state index contributed by atoms with van der Waals surface area (Å²) in [7, 11) is 0. The summed E-state index contributed by atoms with van der Waals surface area (Å²) in [6, 6.07) is 6.91. The van der Waals surface area contributed by atoms with Crippen LogP contribution in [0.25, 0.3) is 0 Å². The molecule has 0 aliphatic carbocycles. The highest BCUT2D eigenvalue weighted by Crippen LogP contribution is 2.26. The summed E-state index contributed by atoms with van der Waals surface area (Å²) in [4.78, 5) is 26.2. The number of carbonyl (C=O) groups is 1. The zero-order chi connectivity index (χ0) is 18.5. The van der Waals surface area contributed by atoms with Gasteiger partial charge in [0.2, 0.25) is 5.91 Å². The Morgan fingerprint density at radius 3 is 2.62 bits per heavy atom. The van der Waals surface area contributed by atoms with E-state index < -0.39 is 6.04 Å². The van der Waals surface area contributed by atoms with Gasteiger partial charge < -0.3 is 15.5 Å². The molecule has 3 rings (SSSR count). The average Bonchev–Trinajstić information content (AvgIpc) is 2.69. The first-order valence-corrected chi connectivity index (χ1v) is 10.1. The molecule has 0 spiro atoms. The number of benzene rings is 1. The predicted octanol–water partition coefficient (Wildman–Crippen LogP) is 2.07. The SMILES string of the molecule is CSc1cncnc1N1CCN(C(=O)C(N)Cc2ccc(Cl)cc2)CC1. The van der Waals surface area contributed by atoms with Gasteiger partial charge in [-0.05, 0) is 30.4 Å². The van der Waals surface area contributed by atoms with Gasteiger partial charge in [0.15, 0.2) is 0 Å². The normalized spacial score (nSPS) is 15.8. The molecule has 1 unspecified atom stereocenters. The number of hydrogen-bond donors (Lipinski definition) is 1. The zero-order valence-corrected chi connectivity index (χ0v) is 16.2. The maximum absolute atomic E-state index is 12.7. The number of nitrogens with zero attached hydrogens (tertiary/aromatic N) is 4. The summed E-state index contributed by atoms with van der Waals surface area (Å²) >= 11 is 7.52. The molecule has 1 fully saturated rings. The lowest BCUT2D eigenvalue weighted by atomic mass is 10.1. The van der Waals surface area contributed by atoms with Gasteiger partial charge in [0, 0.05) is 37.4 Å². The molecule has 1 aliphatic rings. The van der Waals surface area contributed by atoms with Gasteiger partial charge in [0.05, 0.1) is 10.9 Å². The van der Waals surface area contributed by atoms with Crippen LogP contribution in [0.5, 0.6) is 0 Å². The van der Waals surface area contributed by atoms with Crippen molar-refractivity contribution in [3.63, 3.8) is 0 Å². The van der Waals surface area contributed by atoms with Gasteiger partial charge in [-0.3, -0.25) is 4.79 Å². The Kier molecular flexibility index (Phi) is 6.34. The summed E-state index contributed by atoms with van der Waals surface area (Å²) in [5.74, 6) is 0.928. The summed E-state index contributed by atoms with van der Waals surface area (Å²) in [6.07, 6.45) is 5.91. The van der Waals surface area contributed by atoms with Crippen LogP contribution in [0, 0.1) is 0 Å². The third-order valence-electron chi connectivity index (χ3n) is 4.46. The lowest BCUT2D eigenvalue weighted by molar-refractivity contribution is -0.132. The third kappa shape index (κ3) is 4.47. The molecule has 2 aromatic rings. The van der Waals surface area contributed by atoms with Crippen molar-refractivity contribution in [2.75, 3.05) is 37.3 Å². The lowest BCUT2D eigenvalue weighted by Gasteiger charge is -2.37. The van der Waals surface area contributed by atoms with E-state index in [1.807, 2.05) is 41.6 Å². The average molecular weight is 392 g/mol. The molecule has 26 heavy (non-hydrogen) atoms. The van der Waals surface area contributed by atoms with E-state index in [4.69, 9.17) is 17.3 Å². The first-order valence-electron chi connectivity index (χ1n) is 8.46. The standard InChI is InChI=1S/C18H22ClN5OS/c1-26-16-11-21-12-22-17(16)23-6-8-24(9-7-23)18(25)15(20)10-13-2-4-14(19)5-3-13/h2-5,11-12,15H,6-10,20H2,1H3. The molecule has 1 saturated heterocycles. The van der Waals surface area contributed by atoms with Crippen LogP contribution >= 0.6 is 23.4 Å². The minimum atomic E-state index is -0.538. The van der Waals surface area contributed by atoms with Crippen LogP contribution in [-0.2, 0) is 11.2 Å². The van der Waals surface area contributed by atoms with Gasteiger partial charge in [-0.2, -0.15) is 0 Å². The van der Waals surface area contributed by atoms with E-state index in [2.05, 4.69) is 14.9 Å². The second-order valence-corrected chi connectivity index (χ2v) is 7.45. The number of anilines is 1. The minimum Gasteiger partial charge on any atom is -0.352 e. The molecule has 1 aliphatic heterocycles. The Morgan fingerprint density at radius 1 is 1.27 bits per heavy atom. The van der Waals surface area contributed by atoms with E-state index in [9.17, 15) is 4.79 Å². The van der Waals surface area contributed by atoms with Gasteiger partial charge in [0.25, 0.3) is 0 Å². The number of rotatable bonds is 5. The highest BCUT2D eigenvalue weighted by Gasteiger charge is 2.26. The molecule has 2 N–H and O–H groups in total. The van der Waals surface area contributed by atoms with Crippen molar-refractivity contribution in [3.8, 4) is 0 Å². The van der Waals surface area contributed by atoms with Gasteiger partial charge in [-0.25, -0.2) is 9.97 Å². The first kappa shape index (κ1) is 18.9. The number of amides is 1. The topological polar surface area (TPSA) is 75.4 Å². The molecule has 1 atom stereocenters. The maximum Gasteiger partial charge on any atom is 0.239 e. The Labute approximate surface area is 162 Å². The second kappa shape index (κ2) is 8.70. The Morgan fingerprint density at radius 2 is 1.96 bits per heavy atom. The van der Waals surface area contributed by atoms with E-state index in [1.54, 1.807) is 18.1 Å². The minimum absolute atomic E-state index is 0.00706. The predicted molar refractivity (Wildman–Crippen MR) is 106 cm³/mol. The number of nitrogens with two attached hydrogens (primary N) is 1. The Bertz CT molecular complexity index is 750. The monoisotopic (exact) mass is 391 g/mol. The molecular weight excluding hydrogens is 370 g/mol. The zero-order valence-electron chi connectivity index (χ0n) is 14.6. The summed E-state index contributed by atoms with van der Waals surface area (Å²) in [5.41, 5.74) is 7.16. The molecule has 1 aromatic carbocycles. The Balaban J connectivity index is 1.57. The fourth-order valence-electron chi connectivity index (χ4n) is 3.03. The summed E-state index contributed by atoms with van der Waals surface area (Å²) in [5, 5.41) is 0.680. The fourth-order valence-corrected chi connectivity index (χ4v) is 3.68. The molecular formula is C18H22ClN5OS. The number of halogens is 1. The Hall–Kier alpha value is -1.83. The van der Waals surface area contributed by atoms with Gasteiger partial charge in [-0.15, -0.1) is 11.8 Å². The highest BCUT2D eigenvalue weighted by molar-refractivity contribution is 7.98. The van der Waals surface area contributed by atoms with Crippen molar-refractivity contribution >= 4 is 35.1 Å². The number of aromatic nitrogens is 2. The molecule has 1 amide bonds. The number of thioether (sulfide) groups is 1. The van der Waals surface area contributed by atoms with Gasteiger partial charge in [-0.1, -0.05) is 23.7 Å². The van der Waals surface area contributed by atoms with Crippen molar-refractivity contribution in [1.29, 1.82) is 0 Å². The lowest BCUT2D eigenvalue weighted by Crippen LogP contribution is -2.54. The van der Waals surface area contributed by atoms with Crippen molar-refractivity contribution in [3.05, 3.63) is 47.4 Å². The smallest absolute Gasteiger partial charge is 0.239 e. The van der Waals surface area contributed by atoms with E-state index in [1.165, 1.54) is 0 Å². The number of carbonyl (C=O) groups excluding carboxylic acids is 1. The van der Waals surface area contributed by atoms with E-state index in [0.29, 0.717) is 24.5 Å². The van der Waals surface area contributed by atoms with Gasteiger partial charge in [0.1, 0.15) is 12.1 Å². The molecule has 0 radical (unpaired) electrons. The van der Waals surface area contributed by atoms with Gasteiger partial charge >= 0.3 is 0 Å². The molecule has 138 valence electrons. The largest absolute Gasteiger partial charge is 0.352 e. The maximum atomic E-state index is 12.7. The van der Waals surface area contributed by atoms with E-state index in [-0.39, 0.29) is 5.91 Å². The third-order valence-corrected chi connectivity index (χ3v) is 5.44. The fraction of sp³-hybridized carbons (Fsp3) is 0.389. The summed E-state index contributed by atoms with van der Waals surface area (Å²) < 4.78 is 0. The van der Waals surface area contributed by atoms with Crippen LogP contribution in [0.4, 0.5) is 5.82 Å². The highest BCUT2D eigenvalue weighted by atomic mass is 35.5. The van der Waals surface area contributed by atoms with Crippen molar-refractivity contribution in [1.82, 2.24) is 14.9 Å². The molecule has 1 aromatic heterocycles.